The number of hydrogen-bond donors (Lipinski definition) is 0. The molecule has 0 fully saturated rings. The minimum atomic E-state index is 1.25. The maximum atomic E-state index is 3.36. The molecule has 0 aromatic heterocycles. The third-order valence-electron chi connectivity index (χ3n) is 0.500. The lowest BCUT2D eigenvalue weighted by Crippen LogP contribution is -1.47. The highest BCUT2D eigenvalue weighted by atomic mass is 13.6. The second kappa shape index (κ2) is 72.8. The van der Waals surface area contributed by atoms with E-state index >= 15 is 0 Å². The van der Waals surface area contributed by atoms with Crippen molar-refractivity contribution in [1.29, 1.82) is 0 Å². The summed E-state index contributed by atoms with van der Waals surface area (Å²) in [5.41, 5.74) is 0. The van der Waals surface area contributed by atoms with Gasteiger partial charge in [-0.1, -0.05) is 66.9 Å². The zero-order chi connectivity index (χ0) is 10.8. The van der Waals surface area contributed by atoms with Crippen molar-refractivity contribution in [2.75, 3.05) is 0 Å². The molecular formula is C12H30. The Hall–Kier alpha value is -0.260. The average molecular weight is 174 g/mol. The van der Waals surface area contributed by atoms with Crippen molar-refractivity contribution >= 4 is 0 Å². The number of rotatable bonds is 1. The summed E-state index contributed by atoms with van der Waals surface area (Å²) in [5.74, 6) is 0. The molecule has 78 valence electrons. The molecule has 0 heteroatoms. The highest BCUT2D eigenvalue weighted by molar-refractivity contribution is 4.51. The Morgan fingerprint density at radius 3 is 1.00 bits per heavy atom. The van der Waals surface area contributed by atoms with Gasteiger partial charge in [0.15, 0.2) is 0 Å². The molecule has 0 unspecified atom stereocenters. The molecule has 0 aliphatic carbocycles. The highest BCUT2D eigenvalue weighted by Gasteiger charge is 1.56. The van der Waals surface area contributed by atoms with Crippen LogP contribution in [0.2, 0.25) is 0 Å². The Balaban J connectivity index is -0.0000000368. The molecule has 0 saturated heterocycles. The molecule has 0 saturated carbocycles. The smallest absolute Gasteiger partial charge is 0.0473 e. The molecule has 0 aliphatic rings. The van der Waals surface area contributed by atoms with E-state index in [1.165, 1.54) is 19.3 Å². The normalized spacial score (nSPS) is 5.58. The fraction of sp³-hybridized carbons (Fsp3) is 0.833. The van der Waals surface area contributed by atoms with Crippen LogP contribution in [0.4, 0.5) is 0 Å². The van der Waals surface area contributed by atoms with E-state index in [0.29, 0.717) is 0 Å². The first kappa shape index (κ1) is 22.6. The number of hydrogen-bond acceptors (Lipinski definition) is 0. The Bertz CT molecular complexity index is 27.0. The maximum absolute atomic E-state index is 3.36. The van der Waals surface area contributed by atoms with Gasteiger partial charge >= 0.3 is 0 Å². The van der Waals surface area contributed by atoms with Crippen molar-refractivity contribution in [1.82, 2.24) is 0 Å². The third-order valence-corrected chi connectivity index (χ3v) is 0.500. The quantitative estimate of drug-likeness (QED) is 0.464. The molecule has 0 nitrogen and oxygen atoms in total. The van der Waals surface area contributed by atoms with E-state index < -0.39 is 0 Å². The summed E-state index contributed by atoms with van der Waals surface area (Å²) < 4.78 is 0. The lowest BCUT2D eigenvalue weighted by molar-refractivity contribution is 0.886. The summed E-state index contributed by atoms with van der Waals surface area (Å²) in [6, 6.07) is 0. The van der Waals surface area contributed by atoms with Crippen molar-refractivity contribution in [3.63, 3.8) is 0 Å². The van der Waals surface area contributed by atoms with Gasteiger partial charge in [-0.25, -0.2) is 0 Å². The molecule has 0 amide bonds. The maximum Gasteiger partial charge on any atom is -0.0473 e. The summed E-state index contributed by atoms with van der Waals surface area (Å²) in [6.45, 7) is 17.9. The largest absolute Gasteiger partial charge is 0.103 e. The first-order valence-corrected chi connectivity index (χ1v) is 5.31. The summed E-state index contributed by atoms with van der Waals surface area (Å²) >= 11 is 0. The first-order valence-electron chi connectivity index (χ1n) is 5.31. The van der Waals surface area contributed by atoms with Gasteiger partial charge in [0, 0.05) is 0 Å². The van der Waals surface area contributed by atoms with Gasteiger partial charge in [-0.3, -0.25) is 0 Å². The zero-order valence-electron chi connectivity index (χ0n) is 10.4. The van der Waals surface area contributed by atoms with Crippen LogP contribution in [0.25, 0.3) is 0 Å². The van der Waals surface area contributed by atoms with E-state index in [-0.39, 0.29) is 0 Å². The number of unbranched alkanes of at least 4 members (excludes halogenated alkanes) is 1. The Labute approximate surface area is 81.1 Å². The van der Waals surface area contributed by atoms with E-state index in [1.807, 2.05) is 20.8 Å². The monoisotopic (exact) mass is 174 g/mol. The Kier molecular flexibility index (Phi) is 137. The molecule has 0 rings (SSSR count). The van der Waals surface area contributed by atoms with Gasteiger partial charge in [0.05, 0.1) is 0 Å². The average Bonchev–Trinajstić information content (AvgIpc) is 2.10. The molecule has 0 aromatic rings. The van der Waals surface area contributed by atoms with Crippen molar-refractivity contribution in [2.24, 2.45) is 0 Å². The van der Waals surface area contributed by atoms with Crippen LogP contribution in [0.15, 0.2) is 12.7 Å². The minimum Gasteiger partial charge on any atom is -0.103 e. The van der Waals surface area contributed by atoms with Crippen LogP contribution in [0, 0.1) is 0 Å². The third kappa shape index (κ3) is 1360. The molecule has 0 aliphatic heterocycles. The second-order valence-electron chi connectivity index (χ2n) is 2.12. The van der Waals surface area contributed by atoms with Gasteiger partial charge < -0.3 is 0 Å². The lowest BCUT2D eigenvalue weighted by Gasteiger charge is -1.68. The molecule has 0 atom stereocenters. The van der Waals surface area contributed by atoms with E-state index in [0.717, 1.165) is 0 Å². The van der Waals surface area contributed by atoms with E-state index in [1.54, 1.807) is 6.08 Å². The van der Waals surface area contributed by atoms with Crippen LogP contribution >= 0.6 is 0 Å². The van der Waals surface area contributed by atoms with Crippen molar-refractivity contribution in [3.8, 4) is 0 Å². The second-order valence-corrected chi connectivity index (χ2v) is 2.12. The fourth-order valence-electron chi connectivity index (χ4n) is 0. The van der Waals surface area contributed by atoms with E-state index in [4.69, 9.17) is 0 Å². The topological polar surface area (TPSA) is 0 Å². The van der Waals surface area contributed by atoms with Crippen LogP contribution < -0.4 is 0 Å². The lowest BCUT2D eigenvalue weighted by atomic mass is 10.4. The van der Waals surface area contributed by atoms with Gasteiger partial charge in [-0.05, 0) is 6.92 Å². The van der Waals surface area contributed by atoms with Crippen molar-refractivity contribution in [2.45, 2.75) is 67.7 Å². The summed E-state index contributed by atoms with van der Waals surface area (Å²) in [6.07, 6.45) is 5.64. The van der Waals surface area contributed by atoms with Crippen LogP contribution in [0.3, 0.4) is 0 Å². The first-order chi connectivity index (χ1) is 5.74. The number of allylic oxidation sites excluding steroid dienone is 1. The predicted octanol–water partition coefficient (Wildman–Crippen LogP) is 5.44. The molecule has 0 aromatic carbocycles. The van der Waals surface area contributed by atoms with Gasteiger partial charge in [0.2, 0.25) is 0 Å². The van der Waals surface area contributed by atoms with Gasteiger partial charge in [0.1, 0.15) is 0 Å². The highest BCUT2D eigenvalue weighted by Crippen LogP contribution is 1.76. The van der Waals surface area contributed by atoms with Crippen LogP contribution in [0.5, 0.6) is 0 Å². The summed E-state index contributed by atoms with van der Waals surface area (Å²) in [7, 11) is 0. The molecule has 12 heavy (non-hydrogen) atoms. The van der Waals surface area contributed by atoms with Crippen LogP contribution in [0.1, 0.15) is 67.7 Å². The molecular weight excluding hydrogens is 144 g/mol. The molecule has 0 heterocycles. The zero-order valence-corrected chi connectivity index (χ0v) is 10.4. The van der Waals surface area contributed by atoms with Crippen LogP contribution in [-0.4, -0.2) is 0 Å². The standard InChI is InChI=1S/C4H10.C3H8.C3H6.C2H6/c1-3-4-2;2*1-3-2;1-2/h3-4H2,1-2H3;3H2,1-2H3;3H,1H2,2H3;1-2H3. The Morgan fingerprint density at radius 1 is 0.917 bits per heavy atom. The minimum absolute atomic E-state index is 1.25. The van der Waals surface area contributed by atoms with Crippen LogP contribution in [-0.2, 0) is 0 Å². The molecule has 0 radical (unpaired) electrons. The van der Waals surface area contributed by atoms with Gasteiger partial charge in [-0.2, -0.15) is 0 Å². The fourth-order valence-corrected chi connectivity index (χ4v) is 0. The van der Waals surface area contributed by atoms with Gasteiger partial charge in [0.25, 0.3) is 0 Å². The van der Waals surface area contributed by atoms with E-state index in [2.05, 4.69) is 34.3 Å². The SMILES string of the molecule is C=CC.CC.CCC.CCCC. The van der Waals surface area contributed by atoms with E-state index in [9.17, 15) is 0 Å². The van der Waals surface area contributed by atoms with Crippen molar-refractivity contribution in [3.05, 3.63) is 12.7 Å². The van der Waals surface area contributed by atoms with Crippen molar-refractivity contribution < 1.29 is 0 Å². The summed E-state index contributed by atoms with van der Waals surface area (Å²) in [4.78, 5) is 0. The summed E-state index contributed by atoms with van der Waals surface area (Å²) in [5, 5.41) is 0. The molecule has 0 N–H and O–H groups in total. The van der Waals surface area contributed by atoms with Gasteiger partial charge in [-0.15, -0.1) is 6.58 Å². The molecule has 0 bridgehead atoms. The molecule has 0 spiro atoms. The Morgan fingerprint density at radius 2 is 1.00 bits per heavy atom. The predicted molar refractivity (Wildman–Crippen MR) is 63.8 cm³/mol.